The van der Waals surface area contributed by atoms with Gasteiger partial charge in [-0.05, 0) is 80.7 Å². The van der Waals surface area contributed by atoms with Crippen molar-refractivity contribution in [3.63, 3.8) is 0 Å². The van der Waals surface area contributed by atoms with Gasteiger partial charge in [-0.2, -0.15) is 0 Å². The van der Waals surface area contributed by atoms with Crippen LogP contribution in [0.2, 0.25) is 5.02 Å². The number of aromatic nitrogens is 1. The van der Waals surface area contributed by atoms with Gasteiger partial charge in [-0.15, -0.1) is 0 Å². The molecule has 1 spiro atoms. The second kappa shape index (κ2) is 7.07. The van der Waals surface area contributed by atoms with Crippen molar-refractivity contribution >= 4 is 38.3 Å². The monoisotopic (exact) mass is 488 g/mol. The van der Waals surface area contributed by atoms with Gasteiger partial charge in [0.05, 0.1) is 10.8 Å². The van der Waals surface area contributed by atoms with E-state index in [1.54, 1.807) is 18.2 Å². The van der Waals surface area contributed by atoms with Crippen molar-refractivity contribution in [2.45, 2.75) is 66.9 Å². The molecule has 8 nitrogen and oxygen atoms in total. The molecule has 3 saturated carbocycles. The van der Waals surface area contributed by atoms with Gasteiger partial charge in [-0.3, -0.25) is 4.79 Å². The maximum atomic E-state index is 12.7. The lowest BCUT2D eigenvalue weighted by atomic mass is 9.56. The Hall–Kier alpha value is -2.36. The molecule has 1 amide bonds. The minimum absolute atomic E-state index is 0.0156. The van der Waals surface area contributed by atoms with Gasteiger partial charge in [-0.25, -0.2) is 14.0 Å². The lowest BCUT2D eigenvalue weighted by molar-refractivity contribution is 0.0120. The maximum Gasteiger partial charge on any atom is 0.287 e. The van der Waals surface area contributed by atoms with E-state index in [9.17, 15) is 9.00 Å². The first-order chi connectivity index (χ1) is 15.7. The number of fused-ring (bicyclic) bond motifs is 1. The molecule has 0 saturated heterocycles. The quantitative estimate of drug-likeness (QED) is 0.481. The van der Waals surface area contributed by atoms with Crippen LogP contribution in [0.25, 0.3) is 11.1 Å². The van der Waals surface area contributed by atoms with Gasteiger partial charge in [0.2, 0.25) is 5.89 Å². The predicted molar refractivity (Wildman–Crippen MR) is 123 cm³/mol. The molecule has 3 aliphatic rings. The highest BCUT2D eigenvalue weighted by Crippen LogP contribution is 2.60. The molecule has 3 fully saturated rings. The first kappa shape index (κ1) is 21.2. The average molecular weight is 489 g/mol. The van der Waals surface area contributed by atoms with Crippen molar-refractivity contribution in [3.8, 4) is 0 Å². The highest BCUT2D eigenvalue weighted by atomic mass is 35.5. The van der Waals surface area contributed by atoms with Crippen molar-refractivity contribution in [2.75, 3.05) is 0 Å². The molecule has 174 valence electrons. The summed E-state index contributed by atoms with van der Waals surface area (Å²) in [7, 11) is -2.95. The molecule has 10 heteroatoms. The number of hydrogen-bond acceptors (Lipinski definition) is 7. The Morgan fingerprint density at radius 1 is 1.21 bits per heavy atom. The Morgan fingerprint density at radius 2 is 2.00 bits per heavy atom. The summed E-state index contributed by atoms with van der Waals surface area (Å²) in [5.74, 6) is 0.317. The minimum Gasteiger partial charge on any atom is -0.441 e. The summed E-state index contributed by atoms with van der Waals surface area (Å²) in [6, 6.07) is 8.37. The minimum atomic E-state index is -2.95. The van der Waals surface area contributed by atoms with Crippen LogP contribution < -0.4 is 11.1 Å². The second-order valence-electron chi connectivity index (χ2n) is 9.97. The molecular formula is C23H25ClN4O4S. The molecule has 0 bridgehead atoms. The number of rotatable bonds is 5. The van der Waals surface area contributed by atoms with Gasteiger partial charge in [0.15, 0.2) is 16.4 Å². The Kier molecular flexibility index (Phi) is 4.54. The third-order valence-electron chi connectivity index (χ3n) is 7.29. The summed E-state index contributed by atoms with van der Waals surface area (Å²) in [5.41, 5.74) is 7.48. The third-order valence-corrected chi connectivity index (χ3v) is 9.75. The summed E-state index contributed by atoms with van der Waals surface area (Å²) in [5, 5.41) is 3.60. The molecular weight excluding hydrogens is 464 g/mol. The van der Waals surface area contributed by atoms with Crippen LogP contribution in [0, 0.1) is 10.2 Å². The van der Waals surface area contributed by atoms with Crippen LogP contribution >= 0.6 is 11.6 Å². The Bertz CT molecular complexity index is 1370. The molecule has 33 heavy (non-hydrogen) atoms. The molecule has 3 aromatic rings. The maximum absolute atomic E-state index is 12.7. The highest BCUT2D eigenvalue weighted by Gasteiger charge is 2.58. The first-order valence-corrected chi connectivity index (χ1v) is 13.2. The van der Waals surface area contributed by atoms with Gasteiger partial charge in [-0.1, -0.05) is 11.6 Å². The van der Waals surface area contributed by atoms with Crippen LogP contribution in [0.4, 0.5) is 0 Å². The van der Waals surface area contributed by atoms with Crippen molar-refractivity contribution in [1.29, 1.82) is 4.78 Å². The number of benzene rings is 1. The number of amides is 1. The standard InChI is InChI=1S/C23H25ClN4O4S/c24-13-1-4-17-16(9-13)28-21(32-17)23(25)11-22(12-23)8-7-14(10-22)27-20(29)18-5-6-19(31-18)33(26,30)15-2-3-15/h1,4-6,9,14-15,26H,2-3,7-8,10-12,25H2,(H,27,29)/t14-,22?,23?,33?/m0/s1. The molecule has 2 aromatic heterocycles. The summed E-state index contributed by atoms with van der Waals surface area (Å²) >= 11 is 6.05. The summed E-state index contributed by atoms with van der Waals surface area (Å²) in [6.07, 6.45) is 5.70. The molecule has 6 rings (SSSR count). The number of carbonyl (C=O) groups excluding carboxylic acids is 1. The smallest absolute Gasteiger partial charge is 0.287 e. The zero-order valence-corrected chi connectivity index (χ0v) is 19.5. The van der Waals surface area contributed by atoms with Crippen LogP contribution in [0.15, 0.2) is 44.3 Å². The zero-order chi connectivity index (χ0) is 23.0. The summed E-state index contributed by atoms with van der Waals surface area (Å²) < 4.78 is 32.0. The third kappa shape index (κ3) is 3.57. The van der Waals surface area contributed by atoms with E-state index in [1.807, 2.05) is 0 Å². The van der Waals surface area contributed by atoms with E-state index in [-0.39, 0.29) is 33.5 Å². The summed E-state index contributed by atoms with van der Waals surface area (Å²) in [4.78, 5) is 17.3. The van der Waals surface area contributed by atoms with Gasteiger partial charge >= 0.3 is 0 Å². The van der Waals surface area contributed by atoms with Gasteiger partial charge < -0.3 is 19.9 Å². The number of halogens is 1. The molecule has 1 aromatic carbocycles. The van der Waals surface area contributed by atoms with Gasteiger partial charge in [0.1, 0.15) is 15.2 Å². The number of nitrogens with one attached hydrogen (secondary N) is 2. The van der Waals surface area contributed by atoms with Crippen molar-refractivity contribution < 1.29 is 17.8 Å². The SMILES string of the molecule is N=S(=O)(c1ccc(C(=O)N[C@H]2CCC3(C2)CC(N)(c2nc4cc(Cl)ccc4o2)C3)o1)C1CC1. The Balaban J connectivity index is 1.10. The van der Waals surface area contributed by atoms with Crippen LogP contribution in [-0.4, -0.2) is 26.4 Å². The van der Waals surface area contributed by atoms with Crippen molar-refractivity contribution in [1.82, 2.24) is 10.3 Å². The van der Waals surface area contributed by atoms with E-state index < -0.39 is 15.3 Å². The van der Waals surface area contributed by atoms with Gasteiger partial charge in [0.25, 0.3) is 5.91 Å². The van der Waals surface area contributed by atoms with E-state index >= 15 is 0 Å². The normalized spacial score (nSPS) is 30.9. The lowest BCUT2D eigenvalue weighted by Gasteiger charge is -2.51. The Morgan fingerprint density at radius 3 is 2.76 bits per heavy atom. The highest BCUT2D eigenvalue weighted by molar-refractivity contribution is 7.93. The molecule has 3 aliphatic carbocycles. The van der Waals surface area contributed by atoms with Crippen LogP contribution in [0.5, 0.6) is 0 Å². The van der Waals surface area contributed by atoms with Crippen molar-refractivity contribution in [3.05, 3.63) is 47.0 Å². The van der Waals surface area contributed by atoms with Crippen LogP contribution in [0.1, 0.15) is 61.4 Å². The molecule has 2 atom stereocenters. The van der Waals surface area contributed by atoms with Crippen LogP contribution in [0.3, 0.4) is 0 Å². The lowest BCUT2D eigenvalue weighted by Crippen LogP contribution is -2.55. The van der Waals surface area contributed by atoms with E-state index in [0.717, 1.165) is 44.9 Å². The molecule has 2 heterocycles. The number of nitrogens with two attached hydrogens (primary N) is 1. The topological polar surface area (TPSA) is 135 Å². The van der Waals surface area contributed by atoms with Crippen LogP contribution in [-0.2, 0) is 15.3 Å². The zero-order valence-electron chi connectivity index (χ0n) is 17.9. The first-order valence-electron chi connectivity index (χ1n) is 11.2. The van der Waals surface area contributed by atoms with Gasteiger partial charge in [0, 0.05) is 11.1 Å². The number of carbonyl (C=O) groups is 1. The molecule has 1 unspecified atom stereocenters. The van der Waals surface area contributed by atoms with E-state index in [4.69, 9.17) is 30.9 Å². The number of furan rings is 1. The molecule has 0 radical (unpaired) electrons. The van der Waals surface area contributed by atoms with E-state index in [1.165, 1.54) is 12.1 Å². The number of oxazole rings is 1. The average Bonchev–Trinajstić information content (AvgIpc) is 3.16. The van der Waals surface area contributed by atoms with Crippen molar-refractivity contribution in [2.24, 2.45) is 11.1 Å². The fourth-order valence-electron chi connectivity index (χ4n) is 5.63. The second-order valence-corrected chi connectivity index (χ2v) is 12.7. The van der Waals surface area contributed by atoms with E-state index in [2.05, 4.69) is 10.3 Å². The fourth-order valence-corrected chi connectivity index (χ4v) is 7.41. The molecule has 4 N–H and O–H groups in total. The number of hydrogen-bond donors (Lipinski definition) is 3. The predicted octanol–water partition coefficient (Wildman–Crippen LogP) is 4.56. The largest absolute Gasteiger partial charge is 0.441 e. The van der Waals surface area contributed by atoms with E-state index in [0.29, 0.717) is 22.0 Å². The number of nitrogens with zero attached hydrogens (tertiary/aromatic N) is 1. The Labute approximate surface area is 196 Å². The fraction of sp³-hybridized carbons (Fsp3) is 0.478. The molecule has 0 aliphatic heterocycles. The summed E-state index contributed by atoms with van der Waals surface area (Å²) in [6.45, 7) is 0.